The van der Waals surface area contributed by atoms with Crippen molar-refractivity contribution >= 4 is 17.6 Å². The predicted octanol–water partition coefficient (Wildman–Crippen LogP) is 1.66. The number of nitrogens with one attached hydrogen (secondary N) is 2. The van der Waals surface area contributed by atoms with Crippen LogP contribution in [0.15, 0.2) is 23.2 Å². The molecule has 1 fully saturated rings. The van der Waals surface area contributed by atoms with Gasteiger partial charge in [-0.15, -0.1) is 0 Å². The number of aliphatic imine (C=N–C) groups is 1. The molecular weight excluding hydrogens is 371 g/mol. The summed E-state index contributed by atoms with van der Waals surface area (Å²) in [6.07, 6.45) is 0.647. The Balaban J connectivity index is 1.84. The third kappa shape index (κ3) is 8.01. The van der Waals surface area contributed by atoms with Crippen LogP contribution in [-0.4, -0.2) is 74.0 Å². The lowest BCUT2D eigenvalue weighted by molar-refractivity contribution is -0.0179. The Bertz CT molecular complexity index is 622. The van der Waals surface area contributed by atoms with Gasteiger partial charge in [0.2, 0.25) is 0 Å². The molecule has 0 aromatic heterocycles. The molecule has 0 radical (unpaired) electrons. The summed E-state index contributed by atoms with van der Waals surface area (Å²) in [4.78, 5) is 6.70. The highest BCUT2D eigenvalue weighted by Gasteiger charge is 2.25. The van der Waals surface area contributed by atoms with Crippen LogP contribution in [0, 0.1) is 5.82 Å². The minimum Gasteiger partial charge on any atom is -0.387 e. The number of halogens is 2. The Morgan fingerprint density at radius 3 is 2.78 bits per heavy atom. The molecule has 1 saturated heterocycles. The van der Waals surface area contributed by atoms with Crippen molar-refractivity contribution in [3.63, 3.8) is 0 Å². The average Bonchev–Trinajstić information content (AvgIpc) is 2.62. The molecule has 1 unspecified atom stereocenters. The summed E-state index contributed by atoms with van der Waals surface area (Å²) < 4.78 is 18.5. The Morgan fingerprint density at radius 1 is 1.37 bits per heavy atom. The van der Waals surface area contributed by atoms with E-state index < -0.39 is 5.60 Å². The molecule has 6 nitrogen and oxygen atoms in total. The molecule has 0 saturated carbocycles. The molecule has 8 heteroatoms. The van der Waals surface area contributed by atoms with E-state index in [2.05, 4.69) is 20.5 Å². The first kappa shape index (κ1) is 21.9. The van der Waals surface area contributed by atoms with Gasteiger partial charge in [-0.25, -0.2) is 4.39 Å². The van der Waals surface area contributed by atoms with E-state index in [1.165, 1.54) is 12.1 Å². The van der Waals surface area contributed by atoms with Crippen molar-refractivity contribution in [1.29, 1.82) is 0 Å². The predicted molar refractivity (Wildman–Crippen MR) is 107 cm³/mol. The Morgan fingerprint density at radius 2 is 2.11 bits per heavy atom. The molecule has 0 aliphatic carbocycles. The van der Waals surface area contributed by atoms with E-state index in [0.29, 0.717) is 43.7 Å². The van der Waals surface area contributed by atoms with E-state index in [-0.39, 0.29) is 12.4 Å². The molecule has 0 bridgehead atoms. The van der Waals surface area contributed by atoms with Gasteiger partial charge < -0.3 is 20.5 Å². The highest BCUT2D eigenvalue weighted by molar-refractivity contribution is 6.31. The van der Waals surface area contributed by atoms with E-state index in [0.717, 1.165) is 25.2 Å². The lowest BCUT2D eigenvalue weighted by Gasteiger charge is -2.33. The van der Waals surface area contributed by atoms with Crippen LogP contribution in [-0.2, 0) is 11.2 Å². The molecule has 27 heavy (non-hydrogen) atoms. The maximum atomic E-state index is 13.1. The minimum atomic E-state index is -0.917. The monoisotopic (exact) mass is 400 g/mol. The van der Waals surface area contributed by atoms with Gasteiger partial charge in [0.25, 0.3) is 0 Å². The zero-order valence-corrected chi connectivity index (χ0v) is 16.9. The standard InChI is InChI=1S/C19H30ClFN4O2/c1-3-22-18(23-7-6-15-4-5-16(21)12-17(15)20)24-13-19(2,26)14-25-8-10-27-11-9-25/h4-5,12,26H,3,6-11,13-14H2,1-2H3,(H2,22,23,24). The fourth-order valence-electron chi connectivity index (χ4n) is 2.92. The lowest BCUT2D eigenvalue weighted by atomic mass is 10.1. The second-order valence-electron chi connectivity index (χ2n) is 6.99. The Labute approximate surface area is 165 Å². The summed E-state index contributed by atoms with van der Waals surface area (Å²) in [5.41, 5.74) is -0.0410. The van der Waals surface area contributed by atoms with Crippen LogP contribution >= 0.6 is 11.6 Å². The Kier molecular flexibility index (Phi) is 8.76. The van der Waals surface area contributed by atoms with E-state index >= 15 is 0 Å². The van der Waals surface area contributed by atoms with Gasteiger partial charge in [-0.1, -0.05) is 17.7 Å². The van der Waals surface area contributed by atoms with Crippen molar-refractivity contribution in [3.8, 4) is 0 Å². The number of rotatable bonds is 8. The summed E-state index contributed by atoms with van der Waals surface area (Å²) in [6.45, 7) is 9.02. The smallest absolute Gasteiger partial charge is 0.191 e. The number of nitrogens with zero attached hydrogens (tertiary/aromatic N) is 2. The molecule has 1 atom stereocenters. The van der Waals surface area contributed by atoms with Crippen LogP contribution in [0.3, 0.4) is 0 Å². The average molecular weight is 401 g/mol. The van der Waals surface area contributed by atoms with Crippen LogP contribution in [0.5, 0.6) is 0 Å². The highest BCUT2D eigenvalue weighted by atomic mass is 35.5. The van der Waals surface area contributed by atoms with Crippen LogP contribution in [0.25, 0.3) is 0 Å². The molecule has 0 spiro atoms. The van der Waals surface area contributed by atoms with E-state index in [9.17, 15) is 9.50 Å². The van der Waals surface area contributed by atoms with Gasteiger partial charge in [-0.3, -0.25) is 9.89 Å². The maximum Gasteiger partial charge on any atom is 0.191 e. The van der Waals surface area contributed by atoms with Crippen LogP contribution < -0.4 is 10.6 Å². The zero-order chi connectivity index (χ0) is 19.7. The lowest BCUT2D eigenvalue weighted by Crippen LogP contribution is -2.48. The van der Waals surface area contributed by atoms with Crippen LogP contribution in [0.4, 0.5) is 4.39 Å². The van der Waals surface area contributed by atoms with Crippen molar-refractivity contribution in [1.82, 2.24) is 15.5 Å². The van der Waals surface area contributed by atoms with Crippen molar-refractivity contribution in [2.75, 3.05) is 52.5 Å². The normalized spacial score (nSPS) is 18.2. The third-order valence-electron chi connectivity index (χ3n) is 4.29. The third-order valence-corrected chi connectivity index (χ3v) is 4.64. The summed E-state index contributed by atoms with van der Waals surface area (Å²) in [5.74, 6) is 0.298. The molecule has 1 aromatic rings. The largest absolute Gasteiger partial charge is 0.387 e. The first-order chi connectivity index (χ1) is 12.9. The molecule has 1 aliphatic heterocycles. The molecule has 152 valence electrons. The fourth-order valence-corrected chi connectivity index (χ4v) is 3.18. The molecule has 1 heterocycles. The highest BCUT2D eigenvalue weighted by Crippen LogP contribution is 2.17. The van der Waals surface area contributed by atoms with Crippen LogP contribution in [0.2, 0.25) is 5.02 Å². The number of guanidine groups is 1. The number of aliphatic hydroxyl groups is 1. The fraction of sp³-hybridized carbons (Fsp3) is 0.632. The summed E-state index contributed by atoms with van der Waals surface area (Å²) >= 11 is 6.06. The van der Waals surface area contributed by atoms with Crippen molar-refractivity contribution < 1.29 is 14.2 Å². The van der Waals surface area contributed by atoms with Gasteiger partial charge in [-0.2, -0.15) is 0 Å². The van der Waals surface area contributed by atoms with Gasteiger partial charge in [0.1, 0.15) is 5.82 Å². The van der Waals surface area contributed by atoms with E-state index in [4.69, 9.17) is 16.3 Å². The molecular formula is C19H30ClFN4O2. The molecule has 0 amide bonds. The Hall–Kier alpha value is -1.41. The number of β-amino-alcohol motifs (C(OH)–C–C–N with tert-alkyl or cyclic N) is 1. The van der Waals surface area contributed by atoms with E-state index in [1.807, 2.05) is 6.92 Å². The van der Waals surface area contributed by atoms with Crippen molar-refractivity contribution in [3.05, 3.63) is 34.6 Å². The number of hydrogen-bond acceptors (Lipinski definition) is 4. The minimum absolute atomic E-state index is 0.289. The SMILES string of the molecule is CCNC(=NCC(C)(O)CN1CCOCC1)NCCc1ccc(F)cc1Cl. The number of hydrogen-bond donors (Lipinski definition) is 3. The first-order valence-corrected chi connectivity index (χ1v) is 9.76. The quantitative estimate of drug-likeness (QED) is 0.457. The molecule has 3 N–H and O–H groups in total. The molecule has 1 aliphatic rings. The second-order valence-corrected chi connectivity index (χ2v) is 7.40. The molecule has 1 aromatic carbocycles. The summed E-state index contributed by atoms with van der Waals surface area (Å²) in [7, 11) is 0. The maximum absolute atomic E-state index is 13.1. The van der Waals surface area contributed by atoms with Crippen LogP contribution in [0.1, 0.15) is 19.4 Å². The summed E-state index contributed by atoms with van der Waals surface area (Å²) in [5, 5.41) is 17.5. The first-order valence-electron chi connectivity index (χ1n) is 9.38. The van der Waals surface area contributed by atoms with Crippen molar-refractivity contribution in [2.45, 2.75) is 25.9 Å². The van der Waals surface area contributed by atoms with Crippen molar-refractivity contribution in [2.24, 2.45) is 4.99 Å². The molecule has 2 rings (SSSR count). The summed E-state index contributed by atoms with van der Waals surface area (Å²) in [6, 6.07) is 4.42. The number of morpholine rings is 1. The van der Waals surface area contributed by atoms with Gasteiger partial charge in [0.05, 0.1) is 25.4 Å². The van der Waals surface area contributed by atoms with E-state index in [1.54, 1.807) is 13.0 Å². The van der Waals surface area contributed by atoms with Gasteiger partial charge in [-0.05, 0) is 38.0 Å². The van der Waals surface area contributed by atoms with Gasteiger partial charge in [0, 0.05) is 37.7 Å². The second kappa shape index (κ2) is 10.8. The van der Waals surface area contributed by atoms with Gasteiger partial charge >= 0.3 is 0 Å². The number of ether oxygens (including phenoxy) is 1. The van der Waals surface area contributed by atoms with Gasteiger partial charge in [0.15, 0.2) is 5.96 Å². The number of benzene rings is 1. The topological polar surface area (TPSA) is 69.1 Å². The zero-order valence-electron chi connectivity index (χ0n) is 16.1.